The molecule has 6 nitrogen and oxygen atoms in total. The number of unbranched alkanes of at least 4 members (excludes halogenated alkanes) is 14. The fraction of sp³-hybridized carbons (Fsp3) is 0.646. The van der Waals surface area contributed by atoms with Crippen molar-refractivity contribution in [2.75, 3.05) is 13.2 Å². The molecule has 0 N–H and O–H groups in total. The third kappa shape index (κ3) is 39.8. The fourth-order valence-electron chi connectivity index (χ4n) is 5.46. The third-order valence-electron chi connectivity index (χ3n) is 8.68. The van der Waals surface area contributed by atoms with Crippen LogP contribution >= 0.6 is 0 Å². The third-order valence-corrected chi connectivity index (χ3v) is 8.68. The van der Waals surface area contributed by atoms with E-state index in [0.29, 0.717) is 19.3 Å². The maximum absolute atomic E-state index is 12.6. The summed E-state index contributed by atoms with van der Waals surface area (Å²) in [6.45, 7) is 6.26. The van der Waals surface area contributed by atoms with Crippen LogP contribution in [0, 0.1) is 0 Å². The largest absolute Gasteiger partial charge is 0.462 e. The Labute approximate surface area is 331 Å². The van der Waals surface area contributed by atoms with Gasteiger partial charge in [0, 0.05) is 19.3 Å². The fourth-order valence-corrected chi connectivity index (χ4v) is 5.46. The standard InChI is InChI=1S/C48H78O6/c1-4-7-10-13-16-19-20-21-22-23-24-25-26-27-30-32-35-38-41-47(50)53-44-45(54-48(51)42-39-36-33-29-18-15-12-9-6-3)43-52-46(49)40-37-34-31-28-17-14-11-8-5-2/h8-9,11-12,17-18,20-25,28-29,45H,4-7,10,13-16,19,26-27,30-44H2,1-3H3/b11-8-,12-9-,21-20-,23-22-,25-24-,28-17-,29-18-. The lowest BCUT2D eigenvalue weighted by Gasteiger charge is -2.18. The zero-order valence-corrected chi connectivity index (χ0v) is 34.7. The number of carbonyl (C=O) groups excluding carboxylic acids is 3. The molecule has 6 heteroatoms. The highest BCUT2D eigenvalue weighted by molar-refractivity contribution is 5.71. The molecule has 0 amide bonds. The molecule has 0 aromatic rings. The molecule has 0 saturated heterocycles. The summed E-state index contributed by atoms with van der Waals surface area (Å²) in [7, 11) is 0. The van der Waals surface area contributed by atoms with Gasteiger partial charge in [0.15, 0.2) is 6.10 Å². The van der Waals surface area contributed by atoms with E-state index in [-0.39, 0.29) is 37.5 Å². The van der Waals surface area contributed by atoms with Gasteiger partial charge in [0.05, 0.1) is 0 Å². The highest BCUT2D eigenvalue weighted by Crippen LogP contribution is 2.11. The number of hydrogen-bond donors (Lipinski definition) is 0. The molecule has 1 unspecified atom stereocenters. The van der Waals surface area contributed by atoms with E-state index in [4.69, 9.17) is 14.2 Å². The molecule has 0 aliphatic rings. The molecule has 0 radical (unpaired) electrons. The summed E-state index contributed by atoms with van der Waals surface area (Å²) in [6.07, 6.45) is 53.1. The van der Waals surface area contributed by atoms with E-state index in [0.717, 1.165) is 103 Å². The molecule has 0 aromatic heterocycles. The van der Waals surface area contributed by atoms with Crippen LogP contribution in [0.5, 0.6) is 0 Å². The first kappa shape index (κ1) is 50.6. The molecule has 0 aliphatic heterocycles. The number of carbonyl (C=O) groups is 3. The molecule has 306 valence electrons. The number of allylic oxidation sites excluding steroid dienone is 14. The average Bonchev–Trinajstić information content (AvgIpc) is 3.17. The normalized spacial score (nSPS) is 12.9. The van der Waals surface area contributed by atoms with Crippen LogP contribution < -0.4 is 0 Å². The van der Waals surface area contributed by atoms with Gasteiger partial charge < -0.3 is 14.2 Å². The molecule has 0 aromatic carbocycles. The lowest BCUT2D eigenvalue weighted by atomic mass is 10.1. The summed E-state index contributed by atoms with van der Waals surface area (Å²) in [4.78, 5) is 37.5. The molecule has 0 aliphatic carbocycles. The van der Waals surface area contributed by atoms with Crippen LogP contribution in [0.15, 0.2) is 85.1 Å². The van der Waals surface area contributed by atoms with E-state index in [1.54, 1.807) is 0 Å². The van der Waals surface area contributed by atoms with Crippen molar-refractivity contribution in [2.45, 2.75) is 187 Å². The quantitative estimate of drug-likeness (QED) is 0.0207. The van der Waals surface area contributed by atoms with Crippen molar-refractivity contribution >= 4 is 17.9 Å². The lowest BCUT2D eigenvalue weighted by molar-refractivity contribution is -0.167. The predicted octanol–water partition coefficient (Wildman–Crippen LogP) is 13.7. The van der Waals surface area contributed by atoms with Crippen LogP contribution in [-0.2, 0) is 28.6 Å². The molecule has 0 heterocycles. The van der Waals surface area contributed by atoms with Crippen LogP contribution in [0.1, 0.15) is 181 Å². The van der Waals surface area contributed by atoms with Gasteiger partial charge in [-0.3, -0.25) is 14.4 Å². The summed E-state index contributed by atoms with van der Waals surface area (Å²) in [5.74, 6) is -1.02. The Kier molecular flexibility index (Phi) is 39.7. The molecule has 0 bridgehead atoms. The van der Waals surface area contributed by atoms with Gasteiger partial charge in [0.25, 0.3) is 0 Å². The van der Waals surface area contributed by atoms with Crippen LogP contribution in [0.3, 0.4) is 0 Å². The van der Waals surface area contributed by atoms with Gasteiger partial charge >= 0.3 is 17.9 Å². The first-order valence-corrected chi connectivity index (χ1v) is 21.6. The SMILES string of the molecule is CC/C=C\C/C=C\CCCCC(=O)OCC(COC(=O)CCCCCCC\C=C/C=C\C=C/CCCCCCC)OC(=O)CCCC/C=C\C/C=C\CC. The average molecular weight is 751 g/mol. The molecule has 54 heavy (non-hydrogen) atoms. The monoisotopic (exact) mass is 751 g/mol. The first-order chi connectivity index (χ1) is 26.5. The minimum Gasteiger partial charge on any atom is -0.462 e. The van der Waals surface area contributed by atoms with Crippen molar-refractivity contribution in [3.63, 3.8) is 0 Å². The minimum atomic E-state index is -0.811. The summed E-state index contributed by atoms with van der Waals surface area (Å²) >= 11 is 0. The molecule has 0 rings (SSSR count). The van der Waals surface area contributed by atoms with Crippen molar-refractivity contribution in [2.24, 2.45) is 0 Å². The first-order valence-electron chi connectivity index (χ1n) is 21.6. The summed E-state index contributed by atoms with van der Waals surface area (Å²) in [6, 6.07) is 0. The van der Waals surface area contributed by atoms with Crippen LogP contribution in [0.25, 0.3) is 0 Å². The van der Waals surface area contributed by atoms with Crippen LogP contribution in [0.2, 0.25) is 0 Å². The topological polar surface area (TPSA) is 78.9 Å². The molecule has 0 saturated carbocycles. The van der Waals surface area contributed by atoms with Gasteiger partial charge in [-0.2, -0.15) is 0 Å². The molecule has 0 spiro atoms. The molecular formula is C48H78O6. The predicted molar refractivity (Wildman–Crippen MR) is 228 cm³/mol. The minimum absolute atomic E-state index is 0.112. The van der Waals surface area contributed by atoms with Gasteiger partial charge in [0.2, 0.25) is 0 Å². The van der Waals surface area contributed by atoms with E-state index in [1.165, 1.54) is 32.1 Å². The van der Waals surface area contributed by atoms with Gasteiger partial charge in [-0.15, -0.1) is 0 Å². The Bertz CT molecular complexity index is 1090. The van der Waals surface area contributed by atoms with E-state index in [2.05, 4.69) is 106 Å². The maximum Gasteiger partial charge on any atom is 0.306 e. The summed E-state index contributed by atoms with van der Waals surface area (Å²) < 4.78 is 16.5. The van der Waals surface area contributed by atoms with Gasteiger partial charge in [-0.25, -0.2) is 0 Å². The summed E-state index contributed by atoms with van der Waals surface area (Å²) in [5, 5.41) is 0. The van der Waals surface area contributed by atoms with E-state index in [1.807, 2.05) is 0 Å². The second kappa shape index (κ2) is 42.3. The van der Waals surface area contributed by atoms with E-state index < -0.39 is 6.10 Å². The lowest BCUT2D eigenvalue weighted by Crippen LogP contribution is -2.30. The molecule has 0 fully saturated rings. The van der Waals surface area contributed by atoms with Crippen LogP contribution in [-0.4, -0.2) is 37.2 Å². The number of rotatable bonds is 37. The van der Waals surface area contributed by atoms with Crippen molar-refractivity contribution in [1.82, 2.24) is 0 Å². The Morgan fingerprint density at radius 2 is 0.796 bits per heavy atom. The Morgan fingerprint density at radius 3 is 1.30 bits per heavy atom. The van der Waals surface area contributed by atoms with Gasteiger partial charge in [0.1, 0.15) is 13.2 Å². The number of ether oxygens (including phenoxy) is 3. The highest BCUT2D eigenvalue weighted by Gasteiger charge is 2.19. The smallest absolute Gasteiger partial charge is 0.306 e. The number of hydrogen-bond acceptors (Lipinski definition) is 6. The van der Waals surface area contributed by atoms with Crippen molar-refractivity contribution < 1.29 is 28.6 Å². The van der Waals surface area contributed by atoms with Gasteiger partial charge in [-0.05, 0) is 96.3 Å². The van der Waals surface area contributed by atoms with Crippen molar-refractivity contribution in [1.29, 1.82) is 0 Å². The number of esters is 3. The Morgan fingerprint density at radius 1 is 0.407 bits per heavy atom. The van der Waals surface area contributed by atoms with E-state index >= 15 is 0 Å². The van der Waals surface area contributed by atoms with Crippen LogP contribution in [0.4, 0.5) is 0 Å². The Balaban J connectivity index is 4.41. The zero-order chi connectivity index (χ0) is 39.4. The van der Waals surface area contributed by atoms with E-state index in [9.17, 15) is 14.4 Å². The molecule has 1 atom stereocenters. The van der Waals surface area contributed by atoms with Gasteiger partial charge in [-0.1, -0.05) is 151 Å². The maximum atomic E-state index is 12.6. The Hall–Kier alpha value is -3.41. The van der Waals surface area contributed by atoms with Crippen molar-refractivity contribution in [3.05, 3.63) is 85.1 Å². The van der Waals surface area contributed by atoms with Crippen molar-refractivity contribution in [3.8, 4) is 0 Å². The molecular weight excluding hydrogens is 673 g/mol. The second-order valence-corrected chi connectivity index (χ2v) is 13.9. The zero-order valence-electron chi connectivity index (χ0n) is 34.7. The summed E-state index contributed by atoms with van der Waals surface area (Å²) in [5.41, 5.74) is 0. The highest BCUT2D eigenvalue weighted by atomic mass is 16.6. The second-order valence-electron chi connectivity index (χ2n) is 13.9.